The first-order valence-electron chi connectivity index (χ1n) is 7.09. The van der Waals surface area contributed by atoms with E-state index in [1.54, 1.807) is 0 Å². The molecule has 1 aromatic rings. The van der Waals surface area contributed by atoms with E-state index in [-0.39, 0.29) is 17.5 Å². The molecule has 0 aromatic heterocycles. The third-order valence-electron chi connectivity index (χ3n) is 4.08. The molecular formula is C14H22FN3O2S. The fourth-order valence-corrected chi connectivity index (χ4v) is 4.37. The number of halogens is 1. The second-order valence-electron chi connectivity index (χ2n) is 5.36. The minimum atomic E-state index is -3.71. The normalized spacial score (nSPS) is 21.6. The Morgan fingerprint density at radius 1 is 1.38 bits per heavy atom. The van der Waals surface area contributed by atoms with E-state index < -0.39 is 15.8 Å². The van der Waals surface area contributed by atoms with Gasteiger partial charge in [-0.3, -0.25) is 0 Å². The number of nitrogens with two attached hydrogens (primary N) is 1. The second-order valence-corrected chi connectivity index (χ2v) is 7.27. The molecule has 2 rings (SSSR count). The molecule has 5 nitrogen and oxygen atoms in total. The van der Waals surface area contributed by atoms with E-state index in [1.165, 1.54) is 16.4 Å². The lowest BCUT2D eigenvalue weighted by Crippen LogP contribution is -2.52. The number of piperazine rings is 1. The number of hydrogen-bond acceptors (Lipinski definition) is 4. The van der Waals surface area contributed by atoms with Gasteiger partial charge in [0.25, 0.3) is 0 Å². The van der Waals surface area contributed by atoms with Gasteiger partial charge in [-0.1, -0.05) is 13.0 Å². The molecule has 0 amide bonds. The molecule has 1 saturated heterocycles. The van der Waals surface area contributed by atoms with E-state index in [1.807, 2.05) is 14.0 Å². The van der Waals surface area contributed by atoms with Crippen molar-refractivity contribution in [2.75, 3.05) is 26.7 Å². The van der Waals surface area contributed by atoms with E-state index in [2.05, 4.69) is 4.90 Å². The molecule has 21 heavy (non-hydrogen) atoms. The monoisotopic (exact) mass is 315 g/mol. The van der Waals surface area contributed by atoms with Gasteiger partial charge in [-0.05, 0) is 31.2 Å². The number of benzene rings is 1. The number of hydrogen-bond donors (Lipinski definition) is 1. The highest BCUT2D eigenvalue weighted by Gasteiger charge is 2.33. The van der Waals surface area contributed by atoms with E-state index in [9.17, 15) is 12.8 Å². The molecule has 0 aliphatic carbocycles. The molecule has 1 aliphatic heterocycles. The van der Waals surface area contributed by atoms with Gasteiger partial charge in [-0.2, -0.15) is 4.31 Å². The SMILES string of the molecule is CCC1CN(S(=O)(=O)c2cc(F)ccc2CN)CCN1C. The Kier molecular flexibility index (Phi) is 4.98. The van der Waals surface area contributed by atoms with Gasteiger partial charge >= 0.3 is 0 Å². The predicted octanol–water partition coefficient (Wildman–Crippen LogP) is 0.999. The van der Waals surface area contributed by atoms with E-state index in [4.69, 9.17) is 5.73 Å². The van der Waals surface area contributed by atoms with Gasteiger partial charge in [0.05, 0.1) is 4.90 Å². The van der Waals surface area contributed by atoms with Crippen LogP contribution in [-0.2, 0) is 16.6 Å². The van der Waals surface area contributed by atoms with Crippen LogP contribution in [0.25, 0.3) is 0 Å². The summed E-state index contributed by atoms with van der Waals surface area (Å²) in [5.74, 6) is -0.563. The molecular weight excluding hydrogens is 293 g/mol. The van der Waals surface area contributed by atoms with Gasteiger partial charge in [-0.25, -0.2) is 12.8 Å². The molecule has 1 unspecified atom stereocenters. The zero-order valence-electron chi connectivity index (χ0n) is 12.4. The summed E-state index contributed by atoms with van der Waals surface area (Å²) in [5, 5.41) is 0. The van der Waals surface area contributed by atoms with Crippen LogP contribution in [0.4, 0.5) is 4.39 Å². The number of sulfonamides is 1. The van der Waals surface area contributed by atoms with Gasteiger partial charge in [0.1, 0.15) is 5.82 Å². The fourth-order valence-electron chi connectivity index (χ4n) is 2.65. The van der Waals surface area contributed by atoms with Crippen molar-refractivity contribution in [1.29, 1.82) is 0 Å². The van der Waals surface area contributed by atoms with Crippen molar-refractivity contribution < 1.29 is 12.8 Å². The van der Waals surface area contributed by atoms with E-state index in [0.29, 0.717) is 25.2 Å². The first-order valence-corrected chi connectivity index (χ1v) is 8.53. The lowest BCUT2D eigenvalue weighted by atomic mass is 10.1. The average Bonchev–Trinajstić information content (AvgIpc) is 2.47. The van der Waals surface area contributed by atoms with Crippen LogP contribution in [0.5, 0.6) is 0 Å². The zero-order valence-corrected chi connectivity index (χ0v) is 13.2. The van der Waals surface area contributed by atoms with E-state index in [0.717, 1.165) is 12.5 Å². The average molecular weight is 315 g/mol. The summed E-state index contributed by atoms with van der Waals surface area (Å²) < 4.78 is 40.4. The molecule has 1 fully saturated rings. The van der Waals surface area contributed by atoms with Crippen LogP contribution in [0.1, 0.15) is 18.9 Å². The Bertz CT molecular complexity index is 606. The third kappa shape index (κ3) is 3.26. The summed E-state index contributed by atoms with van der Waals surface area (Å²) >= 11 is 0. The lowest BCUT2D eigenvalue weighted by Gasteiger charge is -2.38. The molecule has 1 aliphatic rings. The van der Waals surface area contributed by atoms with E-state index >= 15 is 0 Å². The highest BCUT2D eigenvalue weighted by Crippen LogP contribution is 2.24. The molecule has 0 saturated carbocycles. The van der Waals surface area contributed by atoms with Crippen molar-refractivity contribution in [3.8, 4) is 0 Å². The van der Waals surface area contributed by atoms with Gasteiger partial charge in [-0.15, -0.1) is 0 Å². The molecule has 0 spiro atoms. The van der Waals surface area contributed by atoms with Crippen molar-refractivity contribution in [3.05, 3.63) is 29.6 Å². The Balaban J connectivity index is 2.36. The maximum Gasteiger partial charge on any atom is 0.243 e. The van der Waals surface area contributed by atoms with Gasteiger partial charge in [0.15, 0.2) is 0 Å². The molecule has 118 valence electrons. The Morgan fingerprint density at radius 3 is 2.71 bits per heavy atom. The lowest BCUT2D eigenvalue weighted by molar-refractivity contribution is 0.144. The van der Waals surface area contributed by atoms with Crippen molar-refractivity contribution in [2.24, 2.45) is 5.73 Å². The van der Waals surface area contributed by atoms with Crippen LogP contribution in [0.2, 0.25) is 0 Å². The van der Waals surface area contributed by atoms with Crippen molar-refractivity contribution in [1.82, 2.24) is 9.21 Å². The van der Waals surface area contributed by atoms with Crippen LogP contribution in [0.15, 0.2) is 23.1 Å². The summed E-state index contributed by atoms with van der Waals surface area (Å²) in [6.07, 6.45) is 0.870. The van der Waals surface area contributed by atoms with Crippen LogP contribution in [0.3, 0.4) is 0 Å². The predicted molar refractivity (Wildman–Crippen MR) is 79.8 cm³/mol. The molecule has 1 heterocycles. The van der Waals surface area contributed by atoms with Crippen LogP contribution in [-0.4, -0.2) is 50.3 Å². The number of rotatable bonds is 4. The summed E-state index contributed by atoms with van der Waals surface area (Å²) in [4.78, 5) is 2.14. The molecule has 0 bridgehead atoms. The first kappa shape index (κ1) is 16.4. The largest absolute Gasteiger partial charge is 0.326 e. The van der Waals surface area contributed by atoms with Gasteiger partial charge < -0.3 is 10.6 Å². The Hall–Kier alpha value is -1.02. The molecule has 1 aromatic carbocycles. The molecule has 1 atom stereocenters. The number of nitrogens with zero attached hydrogens (tertiary/aromatic N) is 2. The number of likely N-dealkylation sites (N-methyl/N-ethyl adjacent to an activating group) is 1. The van der Waals surface area contributed by atoms with Crippen molar-refractivity contribution in [2.45, 2.75) is 30.8 Å². The van der Waals surface area contributed by atoms with Crippen molar-refractivity contribution in [3.63, 3.8) is 0 Å². The third-order valence-corrected chi connectivity index (χ3v) is 6.03. The van der Waals surface area contributed by atoms with Crippen LogP contribution >= 0.6 is 0 Å². The summed E-state index contributed by atoms with van der Waals surface area (Å²) in [6, 6.07) is 3.93. The smallest absolute Gasteiger partial charge is 0.243 e. The second kappa shape index (κ2) is 6.39. The first-order chi connectivity index (χ1) is 9.90. The summed E-state index contributed by atoms with van der Waals surface area (Å²) in [6.45, 7) is 3.61. The molecule has 2 N–H and O–H groups in total. The fraction of sp³-hybridized carbons (Fsp3) is 0.571. The standard InChI is InChI=1S/C14H22FN3O2S/c1-3-13-10-18(7-6-17(13)2)21(19,20)14-8-12(15)5-4-11(14)9-16/h4-5,8,13H,3,6-7,9-10,16H2,1-2H3. The quantitative estimate of drug-likeness (QED) is 0.900. The Morgan fingerprint density at radius 2 is 2.10 bits per heavy atom. The van der Waals surface area contributed by atoms with Gasteiger partial charge in [0.2, 0.25) is 10.0 Å². The molecule has 7 heteroatoms. The maximum absolute atomic E-state index is 13.5. The minimum absolute atomic E-state index is 0.00981. The van der Waals surface area contributed by atoms with Crippen molar-refractivity contribution >= 4 is 10.0 Å². The van der Waals surface area contributed by atoms with Crippen LogP contribution < -0.4 is 5.73 Å². The van der Waals surface area contributed by atoms with Crippen LogP contribution in [0, 0.1) is 5.82 Å². The zero-order chi connectivity index (χ0) is 15.6. The maximum atomic E-state index is 13.5. The Labute approximate surface area is 125 Å². The topological polar surface area (TPSA) is 66.6 Å². The molecule has 0 radical (unpaired) electrons. The highest BCUT2D eigenvalue weighted by molar-refractivity contribution is 7.89. The summed E-state index contributed by atoms with van der Waals surface area (Å²) in [7, 11) is -1.72. The highest BCUT2D eigenvalue weighted by atomic mass is 32.2. The minimum Gasteiger partial charge on any atom is -0.326 e. The van der Waals surface area contributed by atoms with Gasteiger partial charge in [0, 0.05) is 32.2 Å². The summed E-state index contributed by atoms with van der Waals surface area (Å²) in [5.41, 5.74) is 6.04.